The fourth-order valence-electron chi connectivity index (χ4n) is 4.15. The minimum atomic E-state index is -5.10. The molecule has 3 atom stereocenters. The van der Waals surface area contributed by atoms with Crippen LogP contribution < -0.4 is 0 Å². The van der Waals surface area contributed by atoms with E-state index in [0.29, 0.717) is 25.7 Å². The maximum absolute atomic E-state index is 12.4. The van der Waals surface area contributed by atoms with Crippen LogP contribution in [0, 0.1) is 17.3 Å². The molecule has 0 rings (SSSR count). The second-order valence-corrected chi connectivity index (χ2v) is 9.44. The van der Waals surface area contributed by atoms with Gasteiger partial charge in [0.1, 0.15) is 0 Å². The zero-order valence-corrected chi connectivity index (χ0v) is 23.2. The Morgan fingerprint density at radius 3 is 1.45 bits per heavy atom. The first-order valence-corrected chi connectivity index (χ1v) is 11.9. The monoisotopic (exact) mass is 536 g/mol. The molecule has 0 aliphatic rings. The van der Waals surface area contributed by atoms with Crippen molar-refractivity contribution >= 4 is 22.1 Å². The minimum absolute atomic E-state index is 0. The van der Waals surface area contributed by atoms with Crippen molar-refractivity contribution in [2.24, 2.45) is 17.3 Å². The smallest absolute Gasteiger partial charge is 0.325 e. The molecule has 0 heterocycles. The van der Waals surface area contributed by atoms with Crippen LogP contribution in [0.4, 0.5) is 0 Å². The quantitative estimate of drug-likeness (QED) is 0.195. The van der Waals surface area contributed by atoms with E-state index in [1.165, 1.54) is 0 Å². The Hall–Kier alpha value is -0.228. The van der Waals surface area contributed by atoms with Crippen molar-refractivity contribution in [1.29, 1.82) is 0 Å². The molecule has 0 aromatic carbocycles. The number of hydrogen-bond acceptors (Lipinski definition) is 4. The third-order valence-corrected chi connectivity index (χ3v) is 7.09. The van der Waals surface area contributed by atoms with E-state index >= 15 is 0 Å². The molecular weight excluding hydrogens is 497 g/mol. The Balaban J connectivity index is 0. The van der Waals surface area contributed by atoms with Crippen LogP contribution in [0.5, 0.6) is 0 Å². The van der Waals surface area contributed by atoms with Crippen LogP contribution >= 0.6 is 0 Å². The van der Waals surface area contributed by atoms with Crippen LogP contribution in [0.2, 0.25) is 0 Å². The average molecular weight is 535 g/mol. The normalized spacial score (nSPS) is 16.9. The summed E-state index contributed by atoms with van der Waals surface area (Å²) in [4.78, 5) is 24.3. The van der Waals surface area contributed by atoms with Gasteiger partial charge in [-0.2, -0.15) is 8.42 Å². The fourth-order valence-corrected chi connectivity index (χ4v) is 5.27. The zero-order valence-electron chi connectivity index (χ0n) is 18.4. The molecule has 0 aromatic heterocycles. The van der Waals surface area contributed by atoms with Gasteiger partial charge < -0.3 is 10.2 Å². The van der Waals surface area contributed by atoms with E-state index in [-0.39, 0.29) is 52.0 Å². The number of carboxylic acids is 2. The fraction of sp³-hybridized carbons (Fsp3) is 0.900. The Morgan fingerprint density at radius 2 is 1.24 bits per heavy atom. The molecule has 0 radical (unpaired) electrons. The summed E-state index contributed by atoms with van der Waals surface area (Å²) < 4.78 is 33.7. The second kappa shape index (κ2) is 14.7. The first-order chi connectivity index (χ1) is 13.0. The van der Waals surface area contributed by atoms with Crippen LogP contribution in [0.1, 0.15) is 91.9 Å². The van der Waals surface area contributed by atoms with Gasteiger partial charge in [0.2, 0.25) is 0 Å². The summed E-state index contributed by atoms with van der Waals surface area (Å²) in [6, 6.07) is 0. The van der Waals surface area contributed by atoms with Crippen LogP contribution in [0.15, 0.2) is 0 Å². The van der Waals surface area contributed by atoms with E-state index in [4.69, 9.17) is 0 Å². The molecule has 0 fully saturated rings. The topological polar surface area (TPSA) is 129 Å². The predicted octanol–water partition coefficient (Wildman–Crippen LogP) is 4.61. The van der Waals surface area contributed by atoms with Crippen molar-refractivity contribution in [3.63, 3.8) is 0 Å². The largest absolute Gasteiger partial charge is 0.481 e. The first-order valence-electron chi connectivity index (χ1n) is 10.4. The predicted molar refractivity (Wildman–Crippen MR) is 109 cm³/mol. The molecule has 0 spiro atoms. The minimum Gasteiger partial charge on any atom is -0.481 e. The van der Waals surface area contributed by atoms with Gasteiger partial charge in [-0.15, -0.1) is 0 Å². The molecule has 9 heteroatoms. The van der Waals surface area contributed by atoms with Crippen molar-refractivity contribution in [2.75, 3.05) is 0 Å². The van der Waals surface area contributed by atoms with Crippen LogP contribution in [0.3, 0.4) is 0 Å². The Bertz CT molecular complexity index is 574. The van der Waals surface area contributed by atoms with Crippen molar-refractivity contribution in [3.8, 4) is 0 Å². The summed E-state index contributed by atoms with van der Waals surface area (Å²) >= 11 is 0. The second-order valence-electron chi connectivity index (χ2n) is 7.94. The first kappa shape index (κ1) is 31.0. The maximum atomic E-state index is 12.4. The molecule has 0 aliphatic heterocycles. The maximum Gasteiger partial charge on any atom is 0.325 e. The van der Waals surface area contributed by atoms with E-state index in [1.54, 1.807) is 0 Å². The molecule has 0 bridgehead atoms. The van der Waals surface area contributed by atoms with E-state index in [1.807, 2.05) is 27.7 Å². The van der Waals surface area contributed by atoms with Crippen LogP contribution in [-0.2, 0) is 47.0 Å². The number of carbonyl (C=O) groups is 2. The number of hydrogen-bond donors (Lipinski definition) is 3. The molecule has 3 N–H and O–H groups in total. The molecular formula is C20H38CdO7S. The van der Waals surface area contributed by atoms with Crippen molar-refractivity contribution in [1.82, 2.24) is 0 Å². The summed E-state index contributed by atoms with van der Waals surface area (Å²) in [5, 5.41) is 17.3. The van der Waals surface area contributed by atoms with Gasteiger partial charge in [0, 0.05) is 27.3 Å². The summed E-state index contributed by atoms with van der Waals surface area (Å²) in [5.41, 5.74) is -2.05. The van der Waals surface area contributed by atoms with E-state index in [0.717, 1.165) is 25.7 Å². The Morgan fingerprint density at radius 1 is 0.862 bits per heavy atom. The van der Waals surface area contributed by atoms with Crippen molar-refractivity contribution in [2.45, 2.75) is 97.2 Å². The van der Waals surface area contributed by atoms with Crippen molar-refractivity contribution < 1.29 is 60.1 Å². The average Bonchev–Trinajstić information content (AvgIpc) is 2.59. The molecule has 7 nitrogen and oxygen atoms in total. The van der Waals surface area contributed by atoms with Gasteiger partial charge in [0.05, 0.1) is 5.41 Å². The molecule has 0 aromatic rings. The zero-order chi connectivity index (χ0) is 22.0. The van der Waals surface area contributed by atoms with Gasteiger partial charge >= 0.3 is 11.9 Å². The molecule has 3 unspecified atom stereocenters. The number of aliphatic carboxylic acids is 2. The Labute approximate surface area is 195 Å². The molecule has 0 amide bonds. The van der Waals surface area contributed by atoms with Gasteiger partial charge in [-0.3, -0.25) is 14.1 Å². The summed E-state index contributed by atoms with van der Waals surface area (Å²) in [7, 11) is -5.10. The third kappa shape index (κ3) is 9.63. The molecule has 0 saturated heterocycles. The van der Waals surface area contributed by atoms with E-state index in [2.05, 4.69) is 0 Å². The van der Waals surface area contributed by atoms with Gasteiger partial charge in [-0.25, -0.2) is 0 Å². The SMILES string of the molecule is CCCCC(CC)CC(CC(CC)CCCC)(C(=O)O)C(C(=O)O)S(=O)(=O)O.[Cd]. The standard InChI is InChI=1S/C20H38O7S.Cd/c1-5-9-11-15(7-3)13-20(19(23)24,14-16(8-4)12-10-6-2)17(18(21)22)28(25,26)27;/h15-17H,5-14H2,1-4H3,(H,21,22)(H,23,24)(H,25,26,27);. The van der Waals surface area contributed by atoms with Gasteiger partial charge in [-0.1, -0.05) is 79.1 Å². The number of carboxylic acid groups (broad SMARTS) is 2. The molecule has 29 heavy (non-hydrogen) atoms. The Kier molecular flexibility index (Phi) is 15.7. The van der Waals surface area contributed by atoms with Gasteiger partial charge in [0.25, 0.3) is 10.1 Å². The summed E-state index contributed by atoms with van der Waals surface area (Å²) in [6.07, 6.45) is 6.02. The van der Waals surface area contributed by atoms with Gasteiger partial charge in [-0.05, 0) is 24.7 Å². The van der Waals surface area contributed by atoms with Crippen LogP contribution in [-0.4, -0.2) is 40.4 Å². The van der Waals surface area contributed by atoms with Gasteiger partial charge in [0.15, 0.2) is 5.25 Å². The van der Waals surface area contributed by atoms with E-state index < -0.39 is 32.7 Å². The molecule has 0 saturated carbocycles. The number of rotatable bonds is 16. The molecule has 168 valence electrons. The summed E-state index contributed by atoms with van der Waals surface area (Å²) in [5.74, 6) is -3.50. The van der Waals surface area contributed by atoms with Crippen LogP contribution in [0.25, 0.3) is 0 Å². The van der Waals surface area contributed by atoms with E-state index in [9.17, 15) is 32.8 Å². The number of unbranched alkanes of at least 4 members (excludes halogenated alkanes) is 2. The molecule has 0 aliphatic carbocycles. The third-order valence-electron chi connectivity index (χ3n) is 5.84. The summed E-state index contributed by atoms with van der Waals surface area (Å²) in [6.45, 7) is 7.80. The van der Waals surface area contributed by atoms with Crippen molar-refractivity contribution in [3.05, 3.63) is 0 Å².